The number of alkyl halides is 3. The van der Waals surface area contributed by atoms with E-state index in [1.54, 1.807) is 18.7 Å². The first-order valence-electron chi connectivity index (χ1n) is 9.71. The lowest BCUT2D eigenvalue weighted by molar-refractivity contribution is -0.136. The molecule has 0 bridgehead atoms. The smallest absolute Gasteiger partial charge is 0.340 e. The molecule has 4 heterocycles. The molecular weight excluding hydrogens is 401 g/mol. The second-order valence-corrected chi connectivity index (χ2v) is 7.77. The predicted octanol–water partition coefficient (Wildman–Crippen LogP) is 3.36. The Morgan fingerprint density at radius 1 is 1.37 bits per heavy atom. The van der Waals surface area contributed by atoms with Crippen LogP contribution in [0.2, 0.25) is 0 Å². The van der Waals surface area contributed by atoms with Gasteiger partial charge in [-0.15, -0.1) is 0 Å². The quantitative estimate of drug-likeness (QED) is 0.641. The van der Waals surface area contributed by atoms with E-state index in [4.69, 9.17) is 4.52 Å². The molecule has 1 aliphatic heterocycles. The molecule has 0 spiro atoms. The number of fused-ring (bicyclic) bond motifs is 1. The van der Waals surface area contributed by atoms with Crippen molar-refractivity contribution in [2.45, 2.75) is 51.2 Å². The molecule has 0 unspecified atom stereocenters. The highest BCUT2D eigenvalue weighted by Crippen LogP contribution is 2.40. The fourth-order valence-corrected chi connectivity index (χ4v) is 3.77. The monoisotopic (exact) mass is 422 g/mol. The topological polar surface area (TPSA) is 89.9 Å². The van der Waals surface area contributed by atoms with Gasteiger partial charge in [0.15, 0.2) is 0 Å². The van der Waals surface area contributed by atoms with Crippen LogP contribution < -0.4 is 0 Å². The molecule has 3 aromatic rings. The highest BCUT2D eigenvalue weighted by molar-refractivity contribution is 5.82. The van der Waals surface area contributed by atoms with Crippen molar-refractivity contribution in [1.82, 2.24) is 29.8 Å². The summed E-state index contributed by atoms with van der Waals surface area (Å²) in [6.45, 7) is 4.36. The van der Waals surface area contributed by atoms with E-state index in [-0.39, 0.29) is 47.6 Å². The van der Waals surface area contributed by atoms with Gasteiger partial charge >= 0.3 is 6.18 Å². The number of likely N-dealkylation sites (tertiary alicyclic amines) is 1. The van der Waals surface area contributed by atoms with Crippen LogP contribution in [0, 0.1) is 0 Å². The molecule has 0 saturated carbocycles. The molecule has 1 amide bonds. The molecule has 3 aromatic heterocycles. The van der Waals surface area contributed by atoms with E-state index in [1.165, 1.54) is 17.3 Å². The van der Waals surface area contributed by atoms with E-state index in [1.807, 2.05) is 0 Å². The van der Waals surface area contributed by atoms with Crippen LogP contribution in [0.4, 0.5) is 13.2 Å². The van der Waals surface area contributed by atoms with Gasteiger partial charge in [0.25, 0.3) is 5.71 Å². The third kappa shape index (κ3) is 3.88. The first-order valence-corrected chi connectivity index (χ1v) is 9.71. The van der Waals surface area contributed by atoms with Crippen LogP contribution in [0.5, 0.6) is 0 Å². The number of carbonyl (C=O) groups excluding carboxylic acids is 1. The molecule has 160 valence electrons. The van der Waals surface area contributed by atoms with Crippen molar-refractivity contribution in [2.75, 3.05) is 13.1 Å². The highest BCUT2D eigenvalue weighted by atomic mass is 19.4. The Morgan fingerprint density at radius 3 is 2.83 bits per heavy atom. The maximum atomic E-state index is 13.8. The summed E-state index contributed by atoms with van der Waals surface area (Å²) < 4.78 is 48.1. The second kappa shape index (κ2) is 7.69. The summed E-state index contributed by atoms with van der Waals surface area (Å²) in [6.07, 6.45) is -0.524. The molecule has 4 rings (SSSR count). The van der Waals surface area contributed by atoms with E-state index in [0.29, 0.717) is 25.1 Å². The number of hydrogen-bond donors (Lipinski definition) is 0. The molecule has 0 aliphatic carbocycles. The SMILES string of the molecule is CC(C)c1cc(C(F)(F)F)c2c([C@@H]3CCCN(C(=O)Cn4cncn4)C3)noc2n1. The lowest BCUT2D eigenvalue weighted by atomic mass is 9.91. The van der Waals surface area contributed by atoms with Crippen LogP contribution in [0.25, 0.3) is 11.1 Å². The van der Waals surface area contributed by atoms with E-state index in [9.17, 15) is 18.0 Å². The van der Waals surface area contributed by atoms with Crippen molar-refractivity contribution in [3.63, 3.8) is 0 Å². The minimum Gasteiger partial charge on any atom is -0.340 e. The minimum atomic E-state index is -4.57. The van der Waals surface area contributed by atoms with E-state index in [0.717, 1.165) is 6.07 Å². The molecule has 30 heavy (non-hydrogen) atoms. The minimum absolute atomic E-state index is 0.0272. The van der Waals surface area contributed by atoms with E-state index in [2.05, 4.69) is 20.2 Å². The van der Waals surface area contributed by atoms with Gasteiger partial charge in [-0.3, -0.25) is 4.79 Å². The van der Waals surface area contributed by atoms with Gasteiger partial charge in [0.1, 0.15) is 19.2 Å². The zero-order valence-corrected chi connectivity index (χ0v) is 16.6. The fourth-order valence-electron chi connectivity index (χ4n) is 3.77. The zero-order chi connectivity index (χ0) is 21.5. The molecule has 0 N–H and O–H groups in total. The average Bonchev–Trinajstić information content (AvgIpc) is 3.36. The number of pyridine rings is 1. The van der Waals surface area contributed by atoms with E-state index >= 15 is 0 Å². The Kier molecular flexibility index (Phi) is 5.20. The van der Waals surface area contributed by atoms with Crippen molar-refractivity contribution in [2.24, 2.45) is 0 Å². The number of aromatic nitrogens is 5. The van der Waals surface area contributed by atoms with Gasteiger partial charge in [0, 0.05) is 24.7 Å². The summed E-state index contributed by atoms with van der Waals surface area (Å²) in [6, 6.07) is 1.07. The van der Waals surface area contributed by atoms with Gasteiger partial charge in [0.05, 0.1) is 16.6 Å². The van der Waals surface area contributed by atoms with Gasteiger partial charge in [-0.05, 0) is 24.8 Å². The Balaban J connectivity index is 1.66. The molecule has 8 nitrogen and oxygen atoms in total. The summed E-state index contributed by atoms with van der Waals surface area (Å²) in [5, 5.41) is 7.77. The maximum Gasteiger partial charge on any atom is 0.417 e. The number of carbonyl (C=O) groups is 1. The van der Waals surface area contributed by atoms with Crippen LogP contribution >= 0.6 is 0 Å². The van der Waals surface area contributed by atoms with Crippen molar-refractivity contribution in [1.29, 1.82) is 0 Å². The summed E-state index contributed by atoms with van der Waals surface area (Å²) in [5.41, 5.74) is -0.405. The van der Waals surface area contributed by atoms with Crippen molar-refractivity contribution >= 4 is 17.0 Å². The van der Waals surface area contributed by atoms with Gasteiger partial charge in [0.2, 0.25) is 5.91 Å². The van der Waals surface area contributed by atoms with Gasteiger partial charge in [-0.1, -0.05) is 19.0 Å². The second-order valence-electron chi connectivity index (χ2n) is 7.77. The van der Waals surface area contributed by atoms with Crippen LogP contribution in [0.3, 0.4) is 0 Å². The number of rotatable bonds is 4. The number of hydrogen-bond acceptors (Lipinski definition) is 6. The summed E-state index contributed by atoms with van der Waals surface area (Å²) in [4.78, 5) is 22.3. The molecular formula is C19H21F3N6O2. The average molecular weight is 422 g/mol. The normalized spacial score (nSPS) is 17.8. The molecule has 1 fully saturated rings. The van der Waals surface area contributed by atoms with Crippen LogP contribution in [0.15, 0.2) is 23.2 Å². The zero-order valence-electron chi connectivity index (χ0n) is 16.6. The Bertz CT molecular complexity index is 1040. The Morgan fingerprint density at radius 2 is 2.17 bits per heavy atom. The summed E-state index contributed by atoms with van der Waals surface area (Å²) in [5.74, 6) is -0.731. The van der Waals surface area contributed by atoms with Crippen molar-refractivity contribution < 1.29 is 22.5 Å². The third-order valence-corrected chi connectivity index (χ3v) is 5.31. The maximum absolute atomic E-state index is 13.8. The van der Waals surface area contributed by atoms with Gasteiger partial charge in [-0.25, -0.2) is 14.6 Å². The van der Waals surface area contributed by atoms with Gasteiger partial charge in [-0.2, -0.15) is 18.3 Å². The predicted molar refractivity (Wildman–Crippen MR) is 99.5 cm³/mol. The van der Waals surface area contributed by atoms with Gasteiger partial charge < -0.3 is 9.42 Å². The number of piperidine rings is 1. The lowest BCUT2D eigenvalue weighted by Crippen LogP contribution is -2.41. The molecule has 0 radical (unpaired) electrons. The molecule has 11 heteroatoms. The molecule has 1 atom stereocenters. The van der Waals surface area contributed by atoms with Crippen LogP contribution in [0.1, 0.15) is 55.5 Å². The lowest BCUT2D eigenvalue weighted by Gasteiger charge is -2.32. The number of halogens is 3. The first-order chi connectivity index (χ1) is 14.2. The fraction of sp³-hybridized carbons (Fsp3) is 0.526. The third-order valence-electron chi connectivity index (χ3n) is 5.31. The molecule has 0 aromatic carbocycles. The summed E-state index contributed by atoms with van der Waals surface area (Å²) >= 11 is 0. The molecule has 1 aliphatic rings. The summed E-state index contributed by atoms with van der Waals surface area (Å²) in [7, 11) is 0. The first kappa shape index (κ1) is 20.3. The largest absolute Gasteiger partial charge is 0.417 e. The number of amides is 1. The standard InChI is InChI=1S/C19H21F3N6O2/c1-11(2)14-6-13(19(20,21)22)16-17(26-30-18(16)25-14)12-4-3-5-27(7-12)15(29)8-28-10-23-9-24-28/h6,9-12H,3-5,7-8H2,1-2H3/t12-/m1/s1. The Labute approximate surface area is 170 Å². The number of nitrogens with zero attached hydrogens (tertiary/aromatic N) is 6. The Hall–Kier alpha value is -2.98. The van der Waals surface area contributed by atoms with Crippen LogP contribution in [-0.4, -0.2) is 48.8 Å². The van der Waals surface area contributed by atoms with Crippen molar-refractivity contribution in [3.05, 3.63) is 35.7 Å². The van der Waals surface area contributed by atoms with E-state index < -0.39 is 11.7 Å². The van der Waals surface area contributed by atoms with Crippen LogP contribution in [-0.2, 0) is 17.5 Å². The van der Waals surface area contributed by atoms with Crippen molar-refractivity contribution in [3.8, 4) is 0 Å². The highest BCUT2D eigenvalue weighted by Gasteiger charge is 2.38. The molecule has 1 saturated heterocycles.